The highest BCUT2D eigenvalue weighted by Crippen LogP contribution is 2.28. The third-order valence-corrected chi connectivity index (χ3v) is 3.52. The second-order valence-electron chi connectivity index (χ2n) is 4.90. The van der Waals surface area contributed by atoms with Crippen LogP contribution in [-0.4, -0.2) is 12.3 Å². The van der Waals surface area contributed by atoms with Crippen molar-refractivity contribution in [3.05, 3.63) is 0 Å². The summed E-state index contributed by atoms with van der Waals surface area (Å²) < 4.78 is 0. The Bertz CT molecular complexity index is 175. The lowest BCUT2D eigenvalue weighted by Gasteiger charge is -2.28. The fourth-order valence-corrected chi connectivity index (χ4v) is 1.98. The fourth-order valence-electron chi connectivity index (χ4n) is 1.98. The lowest BCUT2D eigenvalue weighted by atomic mass is 9.76. The first kappa shape index (κ1) is 14.6. The van der Waals surface area contributed by atoms with E-state index >= 15 is 0 Å². The van der Waals surface area contributed by atoms with Gasteiger partial charge < -0.3 is 5.73 Å². The molecule has 15 heavy (non-hydrogen) atoms. The van der Waals surface area contributed by atoms with Gasteiger partial charge in [0.05, 0.1) is 0 Å². The van der Waals surface area contributed by atoms with Crippen LogP contribution in [0.3, 0.4) is 0 Å². The van der Waals surface area contributed by atoms with Crippen LogP contribution in [-0.2, 0) is 4.79 Å². The zero-order valence-corrected chi connectivity index (χ0v) is 10.8. The minimum atomic E-state index is -0.239. The largest absolute Gasteiger partial charge is 0.329 e. The number of carbonyl (C=O) groups is 1. The van der Waals surface area contributed by atoms with Crippen molar-refractivity contribution in [1.29, 1.82) is 0 Å². The molecule has 0 aromatic carbocycles. The lowest BCUT2D eigenvalue weighted by Crippen LogP contribution is -2.37. The molecule has 0 aliphatic heterocycles. The second kappa shape index (κ2) is 7.00. The molecular weight excluding hydrogens is 186 g/mol. The Hall–Kier alpha value is -0.370. The molecule has 0 atom stereocenters. The standard InChI is InChI=1S/C13H27NO/c1-5-13(6-2,10-14)12(15)9-7-8-11(3)4/h11H,5-10,14H2,1-4H3. The average molecular weight is 213 g/mol. The molecule has 0 fully saturated rings. The number of hydrogen-bond acceptors (Lipinski definition) is 2. The third kappa shape index (κ3) is 4.33. The minimum Gasteiger partial charge on any atom is -0.329 e. The summed E-state index contributed by atoms with van der Waals surface area (Å²) in [7, 11) is 0. The van der Waals surface area contributed by atoms with Crippen LogP contribution in [0.5, 0.6) is 0 Å². The Labute approximate surface area is 94.6 Å². The van der Waals surface area contributed by atoms with Crippen molar-refractivity contribution in [1.82, 2.24) is 0 Å². The maximum Gasteiger partial charge on any atom is 0.140 e. The van der Waals surface area contributed by atoms with Crippen molar-refractivity contribution in [2.45, 2.75) is 59.8 Å². The molecule has 0 heterocycles. The highest BCUT2D eigenvalue weighted by molar-refractivity contribution is 5.84. The highest BCUT2D eigenvalue weighted by Gasteiger charge is 2.32. The topological polar surface area (TPSA) is 43.1 Å². The van der Waals surface area contributed by atoms with Crippen LogP contribution in [0.25, 0.3) is 0 Å². The second-order valence-corrected chi connectivity index (χ2v) is 4.90. The van der Waals surface area contributed by atoms with Crippen LogP contribution in [0.2, 0.25) is 0 Å². The van der Waals surface area contributed by atoms with Gasteiger partial charge in [0.2, 0.25) is 0 Å². The molecule has 0 saturated carbocycles. The maximum absolute atomic E-state index is 12.1. The molecule has 0 spiro atoms. The van der Waals surface area contributed by atoms with E-state index in [1.54, 1.807) is 0 Å². The Morgan fingerprint density at radius 2 is 1.80 bits per heavy atom. The van der Waals surface area contributed by atoms with E-state index in [-0.39, 0.29) is 5.41 Å². The van der Waals surface area contributed by atoms with Gasteiger partial charge in [-0.1, -0.05) is 34.1 Å². The molecule has 90 valence electrons. The monoisotopic (exact) mass is 213 g/mol. The van der Waals surface area contributed by atoms with Gasteiger partial charge in [-0.15, -0.1) is 0 Å². The summed E-state index contributed by atoms with van der Waals surface area (Å²) in [5.41, 5.74) is 5.50. The predicted octanol–water partition coefficient (Wildman–Crippen LogP) is 3.15. The molecule has 0 radical (unpaired) electrons. The minimum absolute atomic E-state index is 0.239. The van der Waals surface area contributed by atoms with Gasteiger partial charge in [0.15, 0.2) is 0 Å². The summed E-state index contributed by atoms with van der Waals surface area (Å²) in [5, 5.41) is 0. The molecule has 0 bridgehead atoms. The van der Waals surface area contributed by atoms with E-state index in [9.17, 15) is 4.79 Å². The van der Waals surface area contributed by atoms with Crippen molar-refractivity contribution < 1.29 is 4.79 Å². The molecule has 0 aliphatic carbocycles. The summed E-state index contributed by atoms with van der Waals surface area (Å²) in [5.74, 6) is 1.06. The SMILES string of the molecule is CCC(CC)(CN)C(=O)CCCC(C)C. The Kier molecular flexibility index (Phi) is 6.82. The predicted molar refractivity (Wildman–Crippen MR) is 65.8 cm³/mol. The molecule has 0 amide bonds. The fraction of sp³-hybridized carbons (Fsp3) is 0.923. The van der Waals surface area contributed by atoms with Gasteiger partial charge in [-0.05, 0) is 25.2 Å². The van der Waals surface area contributed by atoms with Crippen LogP contribution in [0.15, 0.2) is 0 Å². The van der Waals surface area contributed by atoms with E-state index < -0.39 is 0 Å². The summed E-state index contributed by atoms with van der Waals surface area (Å²) in [6.45, 7) is 9.02. The molecule has 0 aromatic rings. The maximum atomic E-state index is 12.1. The molecule has 2 N–H and O–H groups in total. The molecule has 0 saturated heterocycles. The van der Waals surface area contributed by atoms with Gasteiger partial charge in [0.1, 0.15) is 5.78 Å². The van der Waals surface area contributed by atoms with E-state index in [1.807, 2.05) is 0 Å². The van der Waals surface area contributed by atoms with Gasteiger partial charge in [0, 0.05) is 18.4 Å². The van der Waals surface area contributed by atoms with Crippen molar-refractivity contribution in [2.24, 2.45) is 17.1 Å². The summed E-state index contributed by atoms with van der Waals surface area (Å²) >= 11 is 0. The molecule has 2 heteroatoms. The van der Waals surface area contributed by atoms with Gasteiger partial charge in [0.25, 0.3) is 0 Å². The molecule has 0 rings (SSSR count). The quantitative estimate of drug-likeness (QED) is 0.673. The summed E-state index contributed by atoms with van der Waals surface area (Å²) in [4.78, 5) is 12.1. The van der Waals surface area contributed by atoms with E-state index in [0.717, 1.165) is 25.7 Å². The normalized spacial score (nSPS) is 12.1. The Balaban J connectivity index is 4.15. The van der Waals surface area contributed by atoms with E-state index in [1.165, 1.54) is 0 Å². The van der Waals surface area contributed by atoms with Crippen molar-refractivity contribution in [3.63, 3.8) is 0 Å². The zero-order chi connectivity index (χ0) is 11.9. The van der Waals surface area contributed by atoms with Crippen LogP contribution >= 0.6 is 0 Å². The van der Waals surface area contributed by atoms with Crippen LogP contribution in [0.4, 0.5) is 0 Å². The number of rotatable bonds is 8. The first-order chi connectivity index (χ1) is 7.02. The number of carbonyl (C=O) groups excluding carboxylic acids is 1. The highest BCUT2D eigenvalue weighted by atomic mass is 16.1. The summed E-state index contributed by atoms with van der Waals surface area (Å²) in [6, 6.07) is 0. The van der Waals surface area contributed by atoms with Gasteiger partial charge in [-0.25, -0.2) is 0 Å². The Morgan fingerprint density at radius 3 is 2.13 bits per heavy atom. The number of hydrogen-bond donors (Lipinski definition) is 1. The Morgan fingerprint density at radius 1 is 1.27 bits per heavy atom. The lowest BCUT2D eigenvalue weighted by molar-refractivity contribution is -0.128. The first-order valence-electron chi connectivity index (χ1n) is 6.25. The number of ketones is 1. The number of Topliss-reactive ketones (excluding diaryl/α,β-unsaturated/α-hetero) is 1. The molecule has 0 aliphatic rings. The van der Waals surface area contributed by atoms with Gasteiger partial charge in [-0.2, -0.15) is 0 Å². The van der Waals surface area contributed by atoms with E-state index in [2.05, 4.69) is 27.7 Å². The summed E-state index contributed by atoms with van der Waals surface area (Å²) in [6.07, 6.45) is 4.61. The molecule has 0 aromatic heterocycles. The van der Waals surface area contributed by atoms with Crippen molar-refractivity contribution in [3.8, 4) is 0 Å². The van der Waals surface area contributed by atoms with Crippen LogP contribution in [0.1, 0.15) is 59.8 Å². The van der Waals surface area contributed by atoms with Gasteiger partial charge >= 0.3 is 0 Å². The van der Waals surface area contributed by atoms with E-state index in [0.29, 0.717) is 24.7 Å². The van der Waals surface area contributed by atoms with E-state index in [4.69, 9.17) is 5.73 Å². The molecule has 0 unspecified atom stereocenters. The molecular formula is C13H27NO. The van der Waals surface area contributed by atoms with Crippen molar-refractivity contribution >= 4 is 5.78 Å². The van der Waals surface area contributed by atoms with Crippen LogP contribution < -0.4 is 5.73 Å². The van der Waals surface area contributed by atoms with Gasteiger partial charge in [-0.3, -0.25) is 4.79 Å². The third-order valence-electron chi connectivity index (χ3n) is 3.52. The molecule has 2 nitrogen and oxygen atoms in total. The van der Waals surface area contributed by atoms with Crippen molar-refractivity contribution in [2.75, 3.05) is 6.54 Å². The first-order valence-corrected chi connectivity index (χ1v) is 6.25. The number of nitrogens with two attached hydrogens (primary N) is 1. The smallest absolute Gasteiger partial charge is 0.140 e. The van der Waals surface area contributed by atoms with Crippen LogP contribution in [0, 0.1) is 11.3 Å². The average Bonchev–Trinajstić information content (AvgIpc) is 2.21. The zero-order valence-electron chi connectivity index (χ0n) is 10.8.